The summed E-state index contributed by atoms with van der Waals surface area (Å²) in [5.41, 5.74) is 0.433. The fourth-order valence-electron chi connectivity index (χ4n) is 3.04. The summed E-state index contributed by atoms with van der Waals surface area (Å²) in [6.07, 6.45) is 2.25. The first-order valence-electron chi connectivity index (χ1n) is 8.47. The fraction of sp³-hybridized carbons (Fsp3) is 0.556. The maximum atomic E-state index is 14.2. The molecular formula is C18H26FN3O2. The quantitative estimate of drug-likeness (QED) is 0.840. The minimum Gasteiger partial charge on any atom is -0.334 e. The largest absolute Gasteiger partial charge is 0.334 e. The van der Waals surface area contributed by atoms with Crippen LogP contribution in [-0.4, -0.2) is 42.9 Å². The van der Waals surface area contributed by atoms with E-state index in [1.54, 1.807) is 11.0 Å². The number of nitrogens with zero attached hydrogens (tertiary/aromatic N) is 1. The standard InChI is InChI=1S/C18H26FN3O2/c1-12(2)9-17(23)21-16-7-6-13(10-15(16)19)18(24)22-8-4-5-14(22)11-20-3/h6-7,10,12,14,20H,4-5,8-9,11H2,1-3H3,(H,21,23). The maximum Gasteiger partial charge on any atom is 0.254 e. The van der Waals surface area contributed by atoms with Crippen LogP contribution < -0.4 is 10.6 Å². The molecular weight excluding hydrogens is 309 g/mol. The highest BCUT2D eigenvalue weighted by Gasteiger charge is 2.29. The van der Waals surface area contributed by atoms with Gasteiger partial charge in [0.15, 0.2) is 0 Å². The molecule has 2 amide bonds. The SMILES string of the molecule is CNCC1CCCN1C(=O)c1ccc(NC(=O)CC(C)C)c(F)c1. The van der Waals surface area contributed by atoms with Crippen molar-refractivity contribution >= 4 is 17.5 Å². The number of likely N-dealkylation sites (tertiary alicyclic amines) is 1. The summed E-state index contributed by atoms with van der Waals surface area (Å²) in [7, 11) is 1.86. The molecule has 1 fully saturated rings. The minimum atomic E-state index is -0.581. The van der Waals surface area contributed by atoms with Gasteiger partial charge in [-0.15, -0.1) is 0 Å². The molecule has 0 radical (unpaired) electrons. The van der Waals surface area contributed by atoms with Crippen molar-refractivity contribution in [1.29, 1.82) is 0 Å². The van der Waals surface area contributed by atoms with Crippen LogP contribution in [-0.2, 0) is 4.79 Å². The monoisotopic (exact) mass is 335 g/mol. The van der Waals surface area contributed by atoms with Gasteiger partial charge in [0, 0.05) is 31.1 Å². The lowest BCUT2D eigenvalue weighted by molar-refractivity contribution is -0.116. The average Bonchev–Trinajstić information content (AvgIpc) is 2.96. The summed E-state index contributed by atoms with van der Waals surface area (Å²) in [6, 6.07) is 4.40. The predicted molar refractivity (Wildman–Crippen MR) is 92.5 cm³/mol. The van der Waals surface area contributed by atoms with Gasteiger partial charge in [0.05, 0.1) is 5.69 Å². The second kappa shape index (κ2) is 8.24. The molecule has 0 bridgehead atoms. The number of hydrogen-bond donors (Lipinski definition) is 2. The molecule has 1 unspecified atom stereocenters. The van der Waals surface area contributed by atoms with Crippen LogP contribution in [0.15, 0.2) is 18.2 Å². The zero-order valence-corrected chi connectivity index (χ0v) is 14.6. The first-order valence-corrected chi connectivity index (χ1v) is 8.47. The molecule has 0 aliphatic carbocycles. The van der Waals surface area contributed by atoms with E-state index in [4.69, 9.17) is 0 Å². The van der Waals surface area contributed by atoms with Crippen molar-refractivity contribution in [3.63, 3.8) is 0 Å². The molecule has 1 aromatic carbocycles. The van der Waals surface area contributed by atoms with E-state index in [2.05, 4.69) is 10.6 Å². The van der Waals surface area contributed by atoms with Crippen LogP contribution in [0.2, 0.25) is 0 Å². The summed E-state index contributed by atoms with van der Waals surface area (Å²) in [5.74, 6) is -0.765. The van der Waals surface area contributed by atoms with E-state index in [9.17, 15) is 14.0 Å². The number of likely N-dealkylation sites (N-methyl/N-ethyl adjacent to an activating group) is 1. The van der Waals surface area contributed by atoms with Crippen molar-refractivity contribution in [2.24, 2.45) is 5.92 Å². The van der Waals surface area contributed by atoms with E-state index >= 15 is 0 Å². The Balaban J connectivity index is 2.08. The first-order chi connectivity index (χ1) is 11.4. The van der Waals surface area contributed by atoms with Crippen molar-refractivity contribution in [1.82, 2.24) is 10.2 Å². The Morgan fingerprint density at radius 2 is 2.12 bits per heavy atom. The van der Waals surface area contributed by atoms with E-state index in [-0.39, 0.29) is 29.5 Å². The molecule has 132 valence electrons. The molecule has 1 saturated heterocycles. The van der Waals surface area contributed by atoms with Crippen LogP contribution in [0.25, 0.3) is 0 Å². The highest BCUT2D eigenvalue weighted by molar-refractivity contribution is 5.96. The lowest BCUT2D eigenvalue weighted by Crippen LogP contribution is -2.40. The van der Waals surface area contributed by atoms with Gasteiger partial charge in [-0.25, -0.2) is 4.39 Å². The summed E-state index contributed by atoms with van der Waals surface area (Å²) in [4.78, 5) is 26.2. The third kappa shape index (κ3) is 4.54. The number of hydrogen-bond acceptors (Lipinski definition) is 3. The van der Waals surface area contributed by atoms with Crippen LogP contribution in [0.4, 0.5) is 10.1 Å². The lowest BCUT2D eigenvalue weighted by atomic mass is 10.1. The van der Waals surface area contributed by atoms with E-state index in [0.717, 1.165) is 19.4 Å². The number of carbonyl (C=O) groups is 2. The van der Waals surface area contributed by atoms with E-state index < -0.39 is 5.82 Å². The van der Waals surface area contributed by atoms with Gasteiger partial charge in [-0.05, 0) is 44.0 Å². The fourth-order valence-corrected chi connectivity index (χ4v) is 3.04. The summed E-state index contributed by atoms with van der Waals surface area (Å²) in [5, 5.41) is 5.65. The Morgan fingerprint density at radius 1 is 1.38 bits per heavy atom. The number of rotatable bonds is 6. The normalized spacial score (nSPS) is 17.4. The van der Waals surface area contributed by atoms with Crippen LogP contribution in [0.1, 0.15) is 43.5 Å². The van der Waals surface area contributed by atoms with Crippen LogP contribution >= 0.6 is 0 Å². The van der Waals surface area contributed by atoms with Crippen LogP contribution in [0.3, 0.4) is 0 Å². The van der Waals surface area contributed by atoms with Crippen molar-refractivity contribution < 1.29 is 14.0 Å². The molecule has 1 atom stereocenters. The third-order valence-electron chi connectivity index (χ3n) is 4.16. The van der Waals surface area contributed by atoms with E-state index in [1.165, 1.54) is 12.1 Å². The van der Waals surface area contributed by atoms with Gasteiger partial charge in [-0.1, -0.05) is 13.8 Å². The smallest absolute Gasteiger partial charge is 0.254 e. The van der Waals surface area contributed by atoms with E-state index in [0.29, 0.717) is 18.5 Å². The van der Waals surface area contributed by atoms with Crippen molar-refractivity contribution in [2.45, 2.75) is 39.2 Å². The van der Waals surface area contributed by atoms with Crippen LogP contribution in [0.5, 0.6) is 0 Å². The van der Waals surface area contributed by atoms with Gasteiger partial charge >= 0.3 is 0 Å². The zero-order chi connectivity index (χ0) is 17.7. The molecule has 1 heterocycles. The summed E-state index contributed by atoms with van der Waals surface area (Å²) >= 11 is 0. The molecule has 0 spiro atoms. The summed E-state index contributed by atoms with van der Waals surface area (Å²) < 4.78 is 14.2. The number of anilines is 1. The van der Waals surface area contributed by atoms with Crippen molar-refractivity contribution in [2.75, 3.05) is 25.5 Å². The topological polar surface area (TPSA) is 61.4 Å². The molecule has 1 aliphatic rings. The second-order valence-electron chi connectivity index (χ2n) is 6.69. The van der Waals surface area contributed by atoms with Crippen molar-refractivity contribution in [3.8, 4) is 0 Å². The maximum absolute atomic E-state index is 14.2. The molecule has 0 saturated carbocycles. The Kier molecular flexibility index (Phi) is 6.31. The molecule has 5 nitrogen and oxygen atoms in total. The Morgan fingerprint density at radius 3 is 2.75 bits per heavy atom. The van der Waals surface area contributed by atoms with Gasteiger partial charge in [0.25, 0.3) is 5.91 Å². The molecule has 2 N–H and O–H groups in total. The average molecular weight is 335 g/mol. The molecule has 1 aromatic rings. The van der Waals surface area contributed by atoms with Gasteiger partial charge in [0.2, 0.25) is 5.91 Å². The van der Waals surface area contributed by atoms with Gasteiger partial charge in [0.1, 0.15) is 5.82 Å². The Labute approximate surface area is 142 Å². The number of amides is 2. The Bertz CT molecular complexity index is 604. The third-order valence-corrected chi connectivity index (χ3v) is 4.16. The molecule has 24 heavy (non-hydrogen) atoms. The minimum absolute atomic E-state index is 0.116. The second-order valence-corrected chi connectivity index (χ2v) is 6.69. The van der Waals surface area contributed by atoms with Gasteiger partial charge in [-0.3, -0.25) is 9.59 Å². The number of halogens is 1. The number of nitrogens with one attached hydrogen (secondary N) is 2. The lowest BCUT2D eigenvalue weighted by Gasteiger charge is -2.24. The molecule has 2 rings (SSSR count). The highest BCUT2D eigenvalue weighted by Crippen LogP contribution is 2.22. The molecule has 6 heteroatoms. The molecule has 1 aliphatic heterocycles. The number of carbonyl (C=O) groups excluding carboxylic acids is 2. The van der Waals surface area contributed by atoms with E-state index in [1.807, 2.05) is 20.9 Å². The predicted octanol–water partition coefficient (Wildman–Crippen LogP) is 2.63. The first kappa shape index (κ1) is 18.4. The number of benzene rings is 1. The molecule has 0 aromatic heterocycles. The van der Waals surface area contributed by atoms with Crippen LogP contribution in [0, 0.1) is 11.7 Å². The van der Waals surface area contributed by atoms with Gasteiger partial charge in [-0.2, -0.15) is 0 Å². The van der Waals surface area contributed by atoms with Crippen molar-refractivity contribution in [3.05, 3.63) is 29.6 Å². The van der Waals surface area contributed by atoms with Gasteiger partial charge < -0.3 is 15.5 Å². The summed E-state index contributed by atoms with van der Waals surface area (Å²) in [6.45, 7) is 5.28. The highest BCUT2D eigenvalue weighted by atomic mass is 19.1. The Hall–Kier alpha value is -1.95. The zero-order valence-electron chi connectivity index (χ0n) is 14.6.